The Hall–Kier alpha value is -0.903. The Labute approximate surface area is 80.2 Å². The standard InChI is InChI=1S/C9H16N2OSi/c1-13(2,3)7-6-12-9-4-5-10-8-11-9/h4-5,8H,6-7H2,1-3H3. The summed E-state index contributed by atoms with van der Waals surface area (Å²) in [5, 5.41) is 0. The molecule has 0 radical (unpaired) electrons. The van der Waals surface area contributed by atoms with Gasteiger partial charge < -0.3 is 4.74 Å². The first-order chi connectivity index (χ1) is 6.08. The van der Waals surface area contributed by atoms with Crippen LogP contribution < -0.4 is 4.74 Å². The maximum absolute atomic E-state index is 5.47. The van der Waals surface area contributed by atoms with Crippen molar-refractivity contribution in [2.75, 3.05) is 6.61 Å². The molecule has 72 valence electrons. The molecule has 0 spiro atoms. The van der Waals surface area contributed by atoms with Gasteiger partial charge in [-0.1, -0.05) is 19.6 Å². The van der Waals surface area contributed by atoms with Crippen LogP contribution in [0.2, 0.25) is 25.7 Å². The van der Waals surface area contributed by atoms with Gasteiger partial charge in [-0.05, 0) is 6.04 Å². The lowest BCUT2D eigenvalue weighted by Gasteiger charge is -2.15. The van der Waals surface area contributed by atoms with E-state index in [0.29, 0.717) is 5.88 Å². The fourth-order valence-corrected chi connectivity index (χ4v) is 1.54. The highest BCUT2D eigenvalue weighted by Crippen LogP contribution is 2.09. The summed E-state index contributed by atoms with van der Waals surface area (Å²) in [6.07, 6.45) is 3.20. The lowest BCUT2D eigenvalue weighted by Crippen LogP contribution is -2.22. The highest BCUT2D eigenvalue weighted by Gasteiger charge is 2.12. The zero-order valence-electron chi connectivity index (χ0n) is 8.45. The summed E-state index contributed by atoms with van der Waals surface area (Å²) in [7, 11) is -0.979. The van der Waals surface area contributed by atoms with Gasteiger partial charge in [-0.25, -0.2) is 9.97 Å². The topological polar surface area (TPSA) is 35.0 Å². The molecule has 1 aromatic heterocycles. The van der Waals surface area contributed by atoms with E-state index in [1.165, 1.54) is 6.33 Å². The molecule has 0 N–H and O–H groups in total. The number of ether oxygens (including phenoxy) is 1. The van der Waals surface area contributed by atoms with Gasteiger partial charge >= 0.3 is 0 Å². The molecule has 3 nitrogen and oxygen atoms in total. The minimum Gasteiger partial charge on any atom is -0.478 e. The van der Waals surface area contributed by atoms with E-state index in [4.69, 9.17) is 4.74 Å². The van der Waals surface area contributed by atoms with Crippen LogP contribution in [0.1, 0.15) is 0 Å². The summed E-state index contributed by atoms with van der Waals surface area (Å²) in [5.74, 6) is 0.674. The molecule has 1 aromatic rings. The molecule has 0 fully saturated rings. The molecule has 0 aliphatic heterocycles. The number of nitrogens with zero attached hydrogens (tertiary/aromatic N) is 2. The van der Waals surface area contributed by atoms with Crippen molar-refractivity contribution in [1.29, 1.82) is 0 Å². The third-order valence-electron chi connectivity index (χ3n) is 1.66. The minimum absolute atomic E-state index is 0.674. The van der Waals surface area contributed by atoms with Crippen molar-refractivity contribution in [2.45, 2.75) is 25.7 Å². The summed E-state index contributed by atoms with van der Waals surface area (Å²) >= 11 is 0. The molecular weight excluding hydrogens is 180 g/mol. The first-order valence-electron chi connectivity index (χ1n) is 4.47. The summed E-state index contributed by atoms with van der Waals surface area (Å²) in [4.78, 5) is 7.80. The largest absolute Gasteiger partial charge is 0.478 e. The van der Waals surface area contributed by atoms with Crippen LogP contribution in [0.4, 0.5) is 0 Å². The van der Waals surface area contributed by atoms with Crippen LogP contribution in [0.15, 0.2) is 18.6 Å². The Kier molecular flexibility index (Phi) is 3.42. The SMILES string of the molecule is C[Si](C)(C)CCOc1ccncn1. The molecule has 0 saturated heterocycles. The van der Waals surface area contributed by atoms with Gasteiger partial charge in [0.15, 0.2) is 0 Å². The molecule has 0 unspecified atom stereocenters. The van der Waals surface area contributed by atoms with Crippen LogP contribution in [-0.4, -0.2) is 24.6 Å². The summed E-state index contributed by atoms with van der Waals surface area (Å²) in [6.45, 7) is 7.76. The molecule has 0 aliphatic carbocycles. The normalized spacial score (nSPS) is 11.3. The second-order valence-electron chi connectivity index (χ2n) is 4.21. The smallest absolute Gasteiger partial charge is 0.216 e. The van der Waals surface area contributed by atoms with Gasteiger partial charge in [0.05, 0.1) is 6.61 Å². The fourth-order valence-electron chi connectivity index (χ4n) is 0.826. The quantitative estimate of drug-likeness (QED) is 0.692. The van der Waals surface area contributed by atoms with E-state index in [2.05, 4.69) is 29.6 Å². The maximum atomic E-state index is 5.47. The molecule has 0 aliphatic rings. The van der Waals surface area contributed by atoms with Gasteiger partial charge in [0.25, 0.3) is 0 Å². The van der Waals surface area contributed by atoms with Crippen molar-refractivity contribution in [1.82, 2.24) is 9.97 Å². The van der Waals surface area contributed by atoms with Gasteiger partial charge in [0, 0.05) is 20.3 Å². The molecule has 13 heavy (non-hydrogen) atoms. The van der Waals surface area contributed by atoms with Crippen LogP contribution in [0.25, 0.3) is 0 Å². The van der Waals surface area contributed by atoms with E-state index in [1.54, 1.807) is 12.3 Å². The average molecular weight is 196 g/mol. The van der Waals surface area contributed by atoms with Gasteiger partial charge in [-0.2, -0.15) is 0 Å². The van der Waals surface area contributed by atoms with E-state index in [0.717, 1.165) is 12.7 Å². The van der Waals surface area contributed by atoms with Crippen molar-refractivity contribution in [3.05, 3.63) is 18.6 Å². The monoisotopic (exact) mass is 196 g/mol. The van der Waals surface area contributed by atoms with E-state index >= 15 is 0 Å². The van der Waals surface area contributed by atoms with Crippen LogP contribution in [-0.2, 0) is 0 Å². The predicted molar refractivity (Wildman–Crippen MR) is 55.7 cm³/mol. The predicted octanol–water partition coefficient (Wildman–Crippen LogP) is 2.19. The van der Waals surface area contributed by atoms with Crippen LogP contribution >= 0.6 is 0 Å². The highest BCUT2D eigenvalue weighted by atomic mass is 28.3. The van der Waals surface area contributed by atoms with E-state index < -0.39 is 8.07 Å². The van der Waals surface area contributed by atoms with Gasteiger partial charge in [0.1, 0.15) is 6.33 Å². The maximum Gasteiger partial charge on any atom is 0.216 e. The van der Waals surface area contributed by atoms with Crippen molar-refractivity contribution in [3.63, 3.8) is 0 Å². The van der Waals surface area contributed by atoms with Crippen molar-refractivity contribution < 1.29 is 4.74 Å². The van der Waals surface area contributed by atoms with Gasteiger partial charge in [0.2, 0.25) is 5.88 Å². The second-order valence-corrected chi connectivity index (χ2v) is 9.83. The number of hydrogen-bond acceptors (Lipinski definition) is 3. The minimum atomic E-state index is -0.979. The third kappa shape index (κ3) is 4.62. The average Bonchev–Trinajstić information content (AvgIpc) is 2.04. The van der Waals surface area contributed by atoms with E-state index in [-0.39, 0.29) is 0 Å². The summed E-state index contributed by atoms with van der Waals surface area (Å²) in [6, 6.07) is 2.95. The van der Waals surface area contributed by atoms with Crippen LogP contribution in [0.5, 0.6) is 5.88 Å². The number of rotatable bonds is 4. The molecule has 4 heteroatoms. The number of aromatic nitrogens is 2. The Morgan fingerprint density at radius 2 is 2.15 bits per heavy atom. The van der Waals surface area contributed by atoms with E-state index in [1.807, 2.05) is 0 Å². The van der Waals surface area contributed by atoms with E-state index in [9.17, 15) is 0 Å². The Morgan fingerprint density at radius 1 is 1.38 bits per heavy atom. The van der Waals surface area contributed by atoms with Crippen molar-refractivity contribution in [2.24, 2.45) is 0 Å². The lowest BCUT2D eigenvalue weighted by atomic mass is 10.6. The second kappa shape index (κ2) is 4.37. The van der Waals surface area contributed by atoms with Crippen LogP contribution in [0.3, 0.4) is 0 Å². The summed E-state index contributed by atoms with van der Waals surface area (Å²) < 4.78 is 5.47. The fraction of sp³-hybridized carbons (Fsp3) is 0.556. The Bertz CT molecular complexity index is 246. The Balaban J connectivity index is 2.29. The first-order valence-corrected chi connectivity index (χ1v) is 8.17. The van der Waals surface area contributed by atoms with Crippen molar-refractivity contribution >= 4 is 8.07 Å². The first kappa shape index (κ1) is 10.2. The van der Waals surface area contributed by atoms with Gasteiger partial charge in [-0.15, -0.1) is 0 Å². The number of hydrogen-bond donors (Lipinski definition) is 0. The molecule has 1 heterocycles. The molecule has 0 atom stereocenters. The van der Waals surface area contributed by atoms with Crippen LogP contribution in [0, 0.1) is 0 Å². The van der Waals surface area contributed by atoms with Gasteiger partial charge in [-0.3, -0.25) is 0 Å². The van der Waals surface area contributed by atoms with Crippen molar-refractivity contribution in [3.8, 4) is 5.88 Å². The molecular formula is C9H16N2OSi. The third-order valence-corrected chi connectivity index (χ3v) is 3.36. The highest BCUT2D eigenvalue weighted by molar-refractivity contribution is 6.76. The molecule has 1 rings (SSSR count). The molecule has 0 aromatic carbocycles. The summed E-state index contributed by atoms with van der Waals surface area (Å²) in [5.41, 5.74) is 0. The molecule has 0 saturated carbocycles. The lowest BCUT2D eigenvalue weighted by molar-refractivity contribution is 0.324. The molecule has 0 amide bonds. The molecule has 0 bridgehead atoms. The zero-order chi connectivity index (χ0) is 9.73. The zero-order valence-corrected chi connectivity index (χ0v) is 9.45. The Morgan fingerprint density at radius 3 is 2.69 bits per heavy atom.